The minimum atomic E-state index is -1.64. The van der Waals surface area contributed by atoms with Gasteiger partial charge in [-0.05, 0) is 38.7 Å². The summed E-state index contributed by atoms with van der Waals surface area (Å²) in [7, 11) is 0. The van der Waals surface area contributed by atoms with Gasteiger partial charge in [-0.3, -0.25) is 14.4 Å². The molecule has 0 bridgehead atoms. The van der Waals surface area contributed by atoms with Crippen molar-refractivity contribution in [2.45, 2.75) is 39.7 Å². The van der Waals surface area contributed by atoms with E-state index in [4.69, 9.17) is 9.47 Å². The predicted molar refractivity (Wildman–Crippen MR) is 94.0 cm³/mol. The number of hydrogen-bond donors (Lipinski definition) is 1. The number of rotatable bonds is 7. The van der Waals surface area contributed by atoms with Gasteiger partial charge < -0.3 is 14.6 Å². The molecule has 1 N–H and O–H groups in total. The van der Waals surface area contributed by atoms with Crippen molar-refractivity contribution in [3.05, 3.63) is 35.9 Å². The van der Waals surface area contributed by atoms with Crippen molar-refractivity contribution in [1.82, 2.24) is 0 Å². The van der Waals surface area contributed by atoms with Crippen LogP contribution >= 0.6 is 0 Å². The molecule has 1 fully saturated rings. The number of ether oxygens (including phenoxy) is 2. The highest BCUT2D eigenvalue weighted by Gasteiger charge is 2.58. The van der Waals surface area contributed by atoms with Crippen LogP contribution in [0.5, 0.6) is 0 Å². The van der Waals surface area contributed by atoms with Gasteiger partial charge in [0.25, 0.3) is 0 Å². The first-order valence-electron chi connectivity index (χ1n) is 8.98. The van der Waals surface area contributed by atoms with Crippen LogP contribution in [0.4, 0.5) is 0 Å². The lowest BCUT2D eigenvalue weighted by Crippen LogP contribution is -2.48. The summed E-state index contributed by atoms with van der Waals surface area (Å²) in [5.74, 6) is -3.16. The third-order valence-electron chi connectivity index (χ3n) is 5.13. The van der Waals surface area contributed by atoms with Gasteiger partial charge in [0, 0.05) is 6.42 Å². The van der Waals surface area contributed by atoms with Crippen molar-refractivity contribution >= 4 is 17.7 Å². The van der Waals surface area contributed by atoms with Crippen molar-refractivity contribution in [2.75, 3.05) is 13.2 Å². The van der Waals surface area contributed by atoms with E-state index in [0.29, 0.717) is 12.0 Å². The van der Waals surface area contributed by atoms with Gasteiger partial charge in [-0.15, -0.1) is 0 Å². The van der Waals surface area contributed by atoms with Gasteiger partial charge in [0.05, 0.1) is 25.2 Å². The molecule has 0 radical (unpaired) electrons. The number of benzene rings is 1. The Bertz CT molecular complexity index is 636. The Balaban J connectivity index is 2.43. The average Bonchev–Trinajstić information content (AvgIpc) is 3.03. The minimum Gasteiger partial charge on any atom is -0.465 e. The molecule has 3 atom stereocenters. The molecule has 26 heavy (non-hydrogen) atoms. The van der Waals surface area contributed by atoms with Crippen molar-refractivity contribution in [3.8, 4) is 0 Å². The predicted octanol–water partition coefficient (Wildman–Crippen LogP) is 2.45. The van der Waals surface area contributed by atoms with E-state index in [-0.39, 0.29) is 25.4 Å². The van der Waals surface area contributed by atoms with Gasteiger partial charge >= 0.3 is 11.9 Å². The number of aliphatic hydroxyl groups is 1. The van der Waals surface area contributed by atoms with Gasteiger partial charge in [0.1, 0.15) is 5.78 Å². The van der Waals surface area contributed by atoms with Gasteiger partial charge in [-0.25, -0.2) is 0 Å². The summed E-state index contributed by atoms with van der Waals surface area (Å²) in [6.07, 6.45) is -0.575. The standard InChI is InChI=1S/C20H26O6/c1-4-25-18(23)20(3,19(24)26-5-2)14-11-12-15(21)16(14)17(22)13-9-7-6-8-10-13/h6-10,14,16-17,22H,4-5,11-12H2,1-3H3/t14-,16?,17?/m1/s1. The summed E-state index contributed by atoms with van der Waals surface area (Å²) < 4.78 is 10.2. The fourth-order valence-corrected chi connectivity index (χ4v) is 3.72. The van der Waals surface area contributed by atoms with E-state index in [0.717, 1.165) is 0 Å². The van der Waals surface area contributed by atoms with E-state index in [1.165, 1.54) is 6.92 Å². The highest BCUT2D eigenvalue weighted by atomic mass is 16.6. The van der Waals surface area contributed by atoms with Crippen LogP contribution in [0.25, 0.3) is 0 Å². The molecule has 1 aromatic rings. The number of Topliss-reactive ketones (excluding diaryl/α,β-unsaturated/α-hetero) is 1. The molecule has 142 valence electrons. The summed E-state index contributed by atoms with van der Waals surface area (Å²) in [6.45, 7) is 4.98. The van der Waals surface area contributed by atoms with Crippen LogP contribution in [0.15, 0.2) is 30.3 Å². The van der Waals surface area contributed by atoms with E-state index in [1.807, 2.05) is 6.07 Å². The molecule has 2 rings (SSSR count). The molecule has 0 aromatic heterocycles. The summed E-state index contributed by atoms with van der Waals surface area (Å²) in [4.78, 5) is 37.9. The van der Waals surface area contributed by atoms with Gasteiger partial charge in [0.15, 0.2) is 5.41 Å². The summed E-state index contributed by atoms with van der Waals surface area (Å²) in [5.41, 5.74) is -1.06. The monoisotopic (exact) mass is 362 g/mol. The first-order valence-corrected chi connectivity index (χ1v) is 8.98. The third kappa shape index (κ3) is 3.65. The number of hydrogen-bond acceptors (Lipinski definition) is 6. The first-order chi connectivity index (χ1) is 12.4. The Morgan fingerprint density at radius 2 is 1.69 bits per heavy atom. The topological polar surface area (TPSA) is 89.9 Å². The lowest BCUT2D eigenvalue weighted by Gasteiger charge is -2.35. The number of carbonyl (C=O) groups is 3. The molecule has 0 amide bonds. The number of esters is 2. The Kier molecular flexibility index (Phi) is 6.53. The molecular weight excluding hydrogens is 336 g/mol. The largest absolute Gasteiger partial charge is 0.465 e. The van der Waals surface area contributed by atoms with E-state index in [1.54, 1.807) is 38.1 Å². The normalized spacial score (nSPS) is 21.3. The van der Waals surface area contributed by atoms with E-state index in [9.17, 15) is 19.5 Å². The van der Waals surface area contributed by atoms with Crippen LogP contribution in [0.3, 0.4) is 0 Å². The number of ketones is 1. The number of aliphatic hydroxyl groups excluding tert-OH is 1. The molecule has 1 aromatic carbocycles. The molecule has 1 saturated carbocycles. The second-order valence-corrected chi connectivity index (χ2v) is 6.64. The maximum absolute atomic E-state index is 12.7. The molecule has 0 spiro atoms. The van der Waals surface area contributed by atoms with E-state index < -0.39 is 35.3 Å². The molecule has 6 nitrogen and oxygen atoms in total. The Morgan fingerprint density at radius 3 is 2.19 bits per heavy atom. The van der Waals surface area contributed by atoms with Crippen LogP contribution in [-0.2, 0) is 23.9 Å². The molecular formula is C20H26O6. The second-order valence-electron chi connectivity index (χ2n) is 6.64. The fourth-order valence-electron chi connectivity index (χ4n) is 3.72. The molecule has 6 heteroatoms. The minimum absolute atomic E-state index is 0.112. The SMILES string of the molecule is CCOC(=O)C(C)(C(=O)OCC)[C@@H]1CCC(=O)C1C(O)c1ccccc1. The average molecular weight is 362 g/mol. The Morgan fingerprint density at radius 1 is 1.15 bits per heavy atom. The van der Waals surface area contributed by atoms with Crippen LogP contribution in [-0.4, -0.2) is 36.0 Å². The zero-order valence-corrected chi connectivity index (χ0v) is 15.4. The fraction of sp³-hybridized carbons (Fsp3) is 0.550. The summed E-state index contributed by atoms with van der Waals surface area (Å²) in [5, 5.41) is 10.8. The highest BCUT2D eigenvalue weighted by Crippen LogP contribution is 2.48. The van der Waals surface area contributed by atoms with E-state index in [2.05, 4.69) is 0 Å². The zero-order chi connectivity index (χ0) is 19.3. The quantitative estimate of drug-likeness (QED) is 0.592. The summed E-state index contributed by atoms with van der Waals surface area (Å²) >= 11 is 0. The van der Waals surface area contributed by atoms with E-state index >= 15 is 0 Å². The highest BCUT2D eigenvalue weighted by molar-refractivity contribution is 6.01. The second kappa shape index (κ2) is 8.45. The molecule has 0 heterocycles. The maximum Gasteiger partial charge on any atom is 0.323 e. The summed E-state index contributed by atoms with van der Waals surface area (Å²) in [6, 6.07) is 8.79. The van der Waals surface area contributed by atoms with Crippen LogP contribution in [0, 0.1) is 17.3 Å². The van der Waals surface area contributed by atoms with Crippen molar-refractivity contribution in [2.24, 2.45) is 17.3 Å². The molecule has 0 saturated heterocycles. The lowest BCUT2D eigenvalue weighted by atomic mass is 9.69. The smallest absolute Gasteiger partial charge is 0.323 e. The molecule has 2 unspecified atom stereocenters. The van der Waals surface area contributed by atoms with Crippen molar-refractivity contribution in [3.63, 3.8) is 0 Å². The van der Waals surface area contributed by atoms with Crippen molar-refractivity contribution in [1.29, 1.82) is 0 Å². The van der Waals surface area contributed by atoms with Gasteiger partial charge in [-0.2, -0.15) is 0 Å². The molecule has 0 aliphatic heterocycles. The Hall–Kier alpha value is -2.21. The third-order valence-corrected chi connectivity index (χ3v) is 5.13. The first kappa shape index (κ1) is 20.1. The lowest BCUT2D eigenvalue weighted by molar-refractivity contribution is -0.177. The van der Waals surface area contributed by atoms with Gasteiger partial charge in [0.2, 0.25) is 0 Å². The maximum atomic E-state index is 12.7. The molecule has 1 aliphatic carbocycles. The van der Waals surface area contributed by atoms with Crippen LogP contribution < -0.4 is 0 Å². The van der Waals surface area contributed by atoms with Gasteiger partial charge in [-0.1, -0.05) is 30.3 Å². The van der Waals surface area contributed by atoms with Crippen LogP contribution in [0.2, 0.25) is 0 Å². The van der Waals surface area contributed by atoms with Crippen LogP contribution in [0.1, 0.15) is 45.3 Å². The molecule has 1 aliphatic rings. The van der Waals surface area contributed by atoms with Crippen molar-refractivity contribution < 1.29 is 29.0 Å². The number of carbonyl (C=O) groups excluding carboxylic acids is 3. The zero-order valence-electron chi connectivity index (χ0n) is 15.4. The Labute approximate surface area is 153 Å².